The Balaban J connectivity index is -0.000000328. The molecule has 0 fully saturated rings. The maximum absolute atomic E-state index is 5.65. The number of hydrogen-bond donors (Lipinski definition) is 0. The quantitative estimate of drug-likeness (QED) is 0.178. The first-order chi connectivity index (χ1) is 28.7. The van der Waals surface area contributed by atoms with E-state index in [0.717, 1.165) is 33.5 Å². The van der Waals surface area contributed by atoms with Gasteiger partial charge < -0.3 is 18.2 Å². The Morgan fingerprint density at radius 1 is 0.262 bits per heavy atom. The molecule has 3 heterocycles. The first kappa shape index (κ1) is 62.3. The first-order valence-electron chi connectivity index (χ1n) is 22.0. The van der Waals surface area contributed by atoms with Gasteiger partial charge in [-0.3, -0.25) is 0 Å². The molecule has 0 unspecified atom stereocenters. The minimum atomic E-state index is 0. The number of hydrogen-bond acceptors (Lipinski definition) is 4. The Morgan fingerprint density at radius 3 is 0.508 bits per heavy atom. The van der Waals surface area contributed by atoms with Crippen molar-refractivity contribution in [3.05, 3.63) is 146 Å². The highest BCUT2D eigenvalue weighted by Gasteiger charge is 2.05. The van der Waals surface area contributed by atoms with Crippen LogP contribution in [0.4, 0.5) is 0 Å². The van der Waals surface area contributed by atoms with Crippen molar-refractivity contribution in [3.8, 4) is 0 Å². The van der Waals surface area contributed by atoms with E-state index in [-0.39, 0.29) is 22.3 Å². The van der Waals surface area contributed by atoms with Crippen LogP contribution in [0, 0.1) is 0 Å². The normalized spacial score (nSPS) is 8.85. The van der Waals surface area contributed by atoms with Crippen molar-refractivity contribution in [2.75, 3.05) is 19.6 Å². The number of nitrogens with zero attached hydrogens (tertiary/aromatic N) is 1. The fourth-order valence-corrected chi connectivity index (χ4v) is 5.70. The molecule has 0 saturated carbocycles. The topological polar surface area (TPSA) is 42.7 Å². The van der Waals surface area contributed by atoms with Crippen LogP contribution in [0.2, 0.25) is 0 Å². The van der Waals surface area contributed by atoms with Crippen molar-refractivity contribution in [3.63, 3.8) is 0 Å². The molecule has 3 aromatic heterocycles. The van der Waals surface area contributed by atoms with Crippen LogP contribution in [-0.2, 0) is 0 Å². The average Bonchev–Trinajstić information content (AvgIpc) is 4.03. The van der Waals surface area contributed by atoms with Crippen LogP contribution in [0.5, 0.6) is 0 Å². The molecule has 0 aliphatic rings. The maximum atomic E-state index is 5.65. The van der Waals surface area contributed by atoms with Crippen LogP contribution >= 0.6 is 0 Å². The fraction of sp³-hybridized carbons (Fsp3) is 0.368. The summed E-state index contributed by atoms with van der Waals surface area (Å²) in [7, 11) is 0. The average molecular weight is 834 g/mol. The van der Waals surface area contributed by atoms with E-state index >= 15 is 0 Å². The third kappa shape index (κ3) is 18.5. The third-order valence-corrected chi connectivity index (χ3v) is 8.19. The smallest absolute Gasteiger partial charge is 0.135 e. The van der Waals surface area contributed by atoms with Gasteiger partial charge in [0, 0.05) is 32.3 Å². The lowest BCUT2D eigenvalue weighted by Gasteiger charge is -2.13. The van der Waals surface area contributed by atoms with Gasteiger partial charge in [0.05, 0.1) is 0 Å². The lowest BCUT2D eigenvalue weighted by molar-refractivity contribution is 0.321. The van der Waals surface area contributed by atoms with Gasteiger partial charge in [-0.1, -0.05) is 235 Å². The molecule has 0 amide bonds. The van der Waals surface area contributed by atoms with Crippen LogP contribution in [0.25, 0.3) is 65.8 Å². The molecular weight excluding hydrogens is 747 g/mol. The molecule has 0 aliphatic heterocycles. The summed E-state index contributed by atoms with van der Waals surface area (Å²) in [4.78, 5) is 2.38. The van der Waals surface area contributed by atoms with Gasteiger partial charge in [0.15, 0.2) is 0 Å². The van der Waals surface area contributed by atoms with Crippen LogP contribution < -0.4 is 0 Å². The van der Waals surface area contributed by atoms with Gasteiger partial charge in [-0.2, -0.15) is 0 Å². The van der Waals surface area contributed by atoms with Gasteiger partial charge >= 0.3 is 0 Å². The van der Waals surface area contributed by atoms with Crippen molar-refractivity contribution in [1.82, 2.24) is 4.90 Å². The molecule has 338 valence electrons. The number of rotatable bonds is 3. The molecule has 6 aromatic carbocycles. The van der Waals surface area contributed by atoms with Crippen molar-refractivity contribution in [1.29, 1.82) is 0 Å². The Morgan fingerprint density at radius 2 is 0.393 bits per heavy atom. The summed E-state index contributed by atoms with van der Waals surface area (Å²) in [5.41, 5.74) is 5.77. The summed E-state index contributed by atoms with van der Waals surface area (Å²) in [6, 6.07) is 48.6. The monoisotopic (exact) mass is 834 g/mol. The van der Waals surface area contributed by atoms with Crippen LogP contribution in [0.3, 0.4) is 0 Å². The molecular formula is C57H87NO3. The van der Waals surface area contributed by atoms with Gasteiger partial charge in [0.25, 0.3) is 0 Å². The summed E-state index contributed by atoms with van der Waals surface area (Å²) >= 11 is 0. The molecule has 0 N–H and O–H groups in total. The van der Waals surface area contributed by atoms with E-state index in [1.54, 1.807) is 0 Å². The lowest BCUT2D eigenvalue weighted by atomic mass is 10.2. The SMILES string of the molecule is C.C.C.CC.CC.CC.CC.CC.CC.CCN(CC)CC.c1ccc2c(c1)oc1ccccc12.c1ccc2c(c1)oc1ccccc12.c1ccc2c(c1)oc1ccccc12. The van der Waals surface area contributed by atoms with E-state index in [2.05, 4.69) is 62.1 Å². The van der Waals surface area contributed by atoms with Gasteiger partial charge in [-0.05, 0) is 56.0 Å². The van der Waals surface area contributed by atoms with Crippen molar-refractivity contribution in [2.45, 2.75) is 126 Å². The van der Waals surface area contributed by atoms with Crippen molar-refractivity contribution < 1.29 is 13.3 Å². The number of furan rings is 3. The number of fused-ring (bicyclic) bond motifs is 9. The van der Waals surface area contributed by atoms with E-state index in [0.29, 0.717) is 0 Å². The summed E-state index contributed by atoms with van der Waals surface area (Å²) in [6.07, 6.45) is 0. The predicted molar refractivity (Wildman–Crippen MR) is 283 cm³/mol. The molecule has 9 rings (SSSR count). The molecule has 0 saturated heterocycles. The molecule has 4 heteroatoms. The van der Waals surface area contributed by atoms with Gasteiger partial charge in [0.2, 0.25) is 0 Å². The van der Waals surface area contributed by atoms with Gasteiger partial charge in [-0.15, -0.1) is 0 Å². The second-order valence-corrected chi connectivity index (χ2v) is 10.9. The van der Waals surface area contributed by atoms with Crippen LogP contribution in [0.15, 0.2) is 159 Å². The highest BCUT2D eigenvalue weighted by atomic mass is 16.3. The van der Waals surface area contributed by atoms with Crippen molar-refractivity contribution in [2.24, 2.45) is 0 Å². The molecule has 9 aromatic rings. The molecule has 0 spiro atoms. The minimum absolute atomic E-state index is 0. The van der Waals surface area contributed by atoms with Crippen LogP contribution in [0.1, 0.15) is 126 Å². The Labute approximate surface area is 374 Å². The fourth-order valence-electron chi connectivity index (χ4n) is 5.70. The maximum Gasteiger partial charge on any atom is 0.135 e. The Hall–Kier alpha value is -5.32. The molecule has 0 aliphatic carbocycles. The van der Waals surface area contributed by atoms with Crippen molar-refractivity contribution >= 4 is 65.8 Å². The summed E-state index contributed by atoms with van der Waals surface area (Å²) in [6.45, 7) is 34.1. The van der Waals surface area contributed by atoms with E-state index in [1.807, 2.05) is 192 Å². The second kappa shape index (κ2) is 38.9. The van der Waals surface area contributed by atoms with Gasteiger partial charge in [0.1, 0.15) is 33.5 Å². The molecule has 0 atom stereocenters. The second-order valence-electron chi connectivity index (χ2n) is 10.9. The zero-order valence-corrected chi connectivity index (χ0v) is 38.6. The molecule has 61 heavy (non-hydrogen) atoms. The van der Waals surface area contributed by atoms with Crippen LogP contribution in [-0.4, -0.2) is 24.5 Å². The zero-order chi connectivity index (χ0) is 43.7. The Bertz CT molecular complexity index is 1900. The molecule has 0 bridgehead atoms. The largest absolute Gasteiger partial charge is 0.456 e. The summed E-state index contributed by atoms with van der Waals surface area (Å²) in [5, 5.41) is 7.16. The number of benzene rings is 6. The minimum Gasteiger partial charge on any atom is -0.456 e. The van der Waals surface area contributed by atoms with E-state index < -0.39 is 0 Å². The van der Waals surface area contributed by atoms with E-state index in [4.69, 9.17) is 13.3 Å². The van der Waals surface area contributed by atoms with E-state index in [9.17, 15) is 0 Å². The van der Waals surface area contributed by atoms with E-state index in [1.165, 1.54) is 52.0 Å². The lowest BCUT2D eigenvalue weighted by Crippen LogP contribution is -2.21. The highest BCUT2D eigenvalue weighted by Crippen LogP contribution is 2.29. The molecule has 4 nitrogen and oxygen atoms in total. The highest BCUT2D eigenvalue weighted by molar-refractivity contribution is 6.06. The first-order valence-corrected chi connectivity index (χ1v) is 22.0. The van der Waals surface area contributed by atoms with Gasteiger partial charge in [-0.25, -0.2) is 0 Å². The summed E-state index contributed by atoms with van der Waals surface area (Å²) in [5.74, 6) is 0. The number of para-hydroxylation sites is 6. The zero-order valence-electron chi connectivity index (χ0n) is 38.6. The standard InChI is InChI=1S/3C12H8O.C6H15N.6C2H6.3CH4/c3*1-3-7-11-9(5-1)10-6-2-4-8-12(10)13-11;1-4-7(5-2)6-3;6*1-2;;;/h3*1-8H;4-6H2,1-3H3;6*1-2H3;3*1H4. The Kier molecular flexibility index (Phi) is 39.7. The third-order valence-electron chi connectivity index (χ3n) is 8.19. The summed E-state index contributed by atoms with van der Waals surface area (Å²) < 4.78 is 17.0. The predicted octanol–water partition coefficient (Wildman–Crippen LogP) is 20.2. The molecule has 0 radical (unpaired) electrons.